The number of amides is 1. The summed E-state index contributed by atoms with van der Waals surface area (Å²) in [5, 5.41) is 17.8. The molecule has 2 fully saturated rings. The van der Waals surface area contributed by atoms with Gasteiger partial charge >= 0.3 is 0 Å². The van der Waals surface area contributed by atoms with Crippen LogP contribution in [-0.4, -0.2) is 46.2 Å². The molecule has 1 aromatic rings. The molecule has 3 rings (SSSR count). The highest BCUT2D eigenvalue weighted by Gasteiger charge is 2.34. The Bertz CT molecular complexity index is 557. The van der Waals surface area contributed by atoms with Gasteiger partial charge in [-0.3, -0.25) is 9.48 Å². The van der Waals surface area contributed by atoms with Crippen molar-refractivity contribution in [3.63, 3.8) is 0 Å². The molecule has 1 aromatic heterocycles. The molecular weight excluding hydrogens is 294 g/mol. The zero-order valence-electron chi connectivity index (χ0n) is 14.0. The van der Waals surface area contributed by atoms with E-state index in [1.807, 2.05) is 4.68 Å². The number of hydrogen-bond acceptors (Lipinski definition) is 4. The molecule has 2 heterocycles. The first-order valence-corrected chi connectivity index (χ1v) is 8.62. The molecule has 6 heteroatoms. The van der Waals surface area contributed by atoms with Crippen molar-refractivity contribution in [3.05, 3.63) is 17.5 Å². The molecule has 2 N–H and O–H groups in total. The molecule has 1 saturated carbocycles. The van der Waals surface area contributed by atoms with Gasteiger partial charge < -0.3 is 15.2 Å². The number of carbonyl (C=O) groups is 1. The quantitative estimate of drug-likeness (QED) is 0.836. The maximum absolute atomic E-state index is 12.6. The second-order valence-electron chi connectivity index (χ2n) is 7.31. The zero-order chi connectivity index (χ0) is 16.4. The first-order chi connectivity index (χ1) is 11.0. The van der Waals surface area contributed by atoms with Crippen molar-refractivity contribution in [2.24, 2.45) is 5.92 Å². The van der Waals surface area contributed by atoms with Crippen LogP contribution in [0.2, 0.25) is 0 Å². The van der Waals surface area contributed by atoms with Crippen LogP contribution < -0.4 is 5.32 Å². The van der Waals surface area contributed by atoms with E-state index in [0.29, 0.717) is 43.5 Å². The van der Waals surface area contributed by atoms with Crippen LogP contribution in [0.15, 0.2) is 6.20 Å². The number of aromatic nitrogens is 2. The van der Waals surface area contributed by atoms with E-state index < -0.39 is 5.60 Å². The van der Waals surface area contributed by atoms with E-state index in [0.717, 1.165) is 25.1 Å². The molecule has 1 aliphatic heterocycles. The molecule has 2 aliphatic rings. The lowest BCUT2D eigenvalue weighted by molar-refractivity contribution is -0.0605. The van der Waals surface area contributed by atoms with E-state index >= 15 is 0 Å². The average Bonchev–Trinajstić information content (AvgIpc) is 3.26. The van der Waals surface area contributed by atoms with Crippen molar-refractivity contribution in [2.75, 3.05) is 19.8 Å². The predicted molar refractivity (Wildman–Crippen MR) is 86.4 cm³/mol. The molecule has 1 saturated heterocycles. The third-order valence-electron chi connectivity index (χ3n) is 4.63. The van der Waals surface area contributed by atoms with Crippen LogP contribution in [0.5, 0.6) is 0 Å². The Balaban J connectivity index is 1.68. The fraction of sp³-hybridized carbons (Fsp3) is 0.765. The summed E-state index contributed by atoms with van der Waals surface area (Å²) in [5.74, 6) is 0.830. The largest absolute Gasteiger partial charge is 0.388 e. The highest BCUT2D eigenvalue weighted by molar-refractivity contribution is 5.95. The van der Waals surface area contributed by atoms with Crippen molar-refractivity contribution in [2.45, 2.75) is 57.6 Å². The number of hydrogen-bond donors (Lipinski definition) is 2. The van der Waals surface area contributed by atoms with Crippen LogP contribution in [0, 0.1) is 5.92 Å². The Morgan fingerprint density at radius 2 is 2.17 bits per heavy atom. The lowest BCUT2D eigenvalue weighted by Gasteiger charge is -2.32. The Morgan fingerprint density at radius 3 is 2.78 bits per heavy atom. The van der Waals surface area contributed by atoms with E-state index in [4.69, 9.17) is 4.74 Å². The third-order valence-corrected chi connectivity index (χ3v) is 4.63. The SMILES string of the molecule is CC(C)Cn1ncc(C(=O)NCC2(O)CCOCC2)c1C1CC1. The summed E-state index contributed by atoms with van der Waals surface area (Å²) in [4.78, 5) is 12.6. The van der Waals surface area contributed by atoms with E-state index in [2.05, 4.69) is 24.3 Å². The molecule has 128 valence electrons. The zero-order valence-corrected chi connectivity index (χ0v) is 14.0. The Morgan fingerprint density at radius 1 is 1.48 bits per heavy atom. The fourth-order valence-corrected chi connectivity index (χ4v) is 3.12. The van der Waals surface area contributed by atoms with Gasteiger partial charge in [0.2, 0.25) is 0 Å². The summed E-state index contributed by atoms with van der Waals surface area (Å²) in [6, 6.07) is 0. The Labute approximate surface area is 137 Å². The van der Waals surface area contributed by atoms with Crippen LogP contribution in [0.4, 0.5) is 0 Å². The maximum atomic E-state index is 12.6. The molecule has 6 nitrogen and oxygen atoms in total. The van der Waals surface area contributed by atoms with Gasteiger partial charge in [-0.2, -0.15) is 5.10 Å². The van der Waals surface area contributed by atoms with Crippen molar-refractivity contribution >= 4 is 5.91 Å². The topological polar surface area (TPSA) is 76.4 Å². The van der Waals surface area contributed by atoms with Gasteiger partial charge in [0.25, 0.3) is 5.91 Å². The summed E-state index contributed by atoms with van der Waals surface area (Å²) < 4.78 is 7.26. The van der Waals surface area contributed by atoms with Crippen molar-refractivity contribution < 1.29 is 14.6 Å². The number of carbonyl (C=O) groups excluding carboxylic acids is 1. The first-order valence-electron chi connectivity index (χ1n) is 8.62. The van der Waals surface area contributed by atoms with Gasteiger partial charge in [0.15, 0.2) is 0 Å². The highest BCUT2D eigenvalue weighted by atomic mass is 16.5. The van der Waals surface area contributed by atoms with Crippen LogP contribution in [0.1, 0.15) is 61.5 Å². The second-order valence-corrected chi connectivity index (χ2v) is 7.31. The molecule has 23 heavy (non-hydrogen) atoms. The summed E-state index contributed by atoms with van der Waals surface area (Å²) in [7, 11) is 0. The minimum atomic E-state index is -0.846. The van der Waals surface area contributed by atoms with Gasteiger partial charge in [0.05, 0.1) is 23.1 Å². The van der Waals surface area contributed by atoms with E-state index in [-0.39, 0.29) is 12.5 Å². The van der Waals surface area contributed by atoms with Crippen LogP contribution >= 0.6 is 0 Å². The maximum Gasteiger partial charge on any atom is 0.254 e. The van der Waals surface area contributed by atoms with Crippen molar-refractivity contribution in [3.8, 4) is 0 Å². The number of aliphatic hydroxyl groups is 1. The van der Waals surface area contributed by atoms with E-state index in [1.165, 1.54) is 0 Å². The lowest BCUT2D eigenvalue weighted by Crippen LogP contribution is -2.46. The van der Waals surface area contributed by atoms with Gasteiger partial charge in [-0.1, -0.05) is 13.8 Å². The second kappa shape index (κ2) is 6.61. The standard InChI is InChI=1S/C17H27N3O3/c1-12(2)10-20-15(13-3-4-13)14(9-19-20)16(21)18-11-17(22)5-7-23-8-6-17/h9,12-13,22H,3-8,10-11H2,1-2H3,(H,18,21). The molecule has 0 radical (unpaired) electrons. The van der Waals surface area contributed by atoms with E-state index in [9.17, 15) is 9.90 Å². The molecule has 0 aromatic carbocycles. The van der Waals surface area contributed by atoms with Gasteiger partial charge in [0.1, 0.15) is 0 Å². The molecule has 1 amide bonds. The fourth-order valence-electron chi connectivity index (χ4n) is 3.12. The lowest BCUT2D eigenvalue weighted by atomic mass is 9.94. The minimum Gasteiger partial charge on any atom is -0.388 e. The van der Waals surface area contributed by atoms with Gasteiger partial charge in [-0.05, 0) is 18.8 Å². The van der Waals surface area contributed by atoms with Gasteiger partial charge in [-0.15, -0.1) is 0 Å². The van der Waals surface area contributed by atoms with Crippen LogP contribution in [-0.2, 0) is 11.3 Å². The smallest absolute Gasteiger partial charge is 0.254 e. The molecule has 0 atom stereocenters. The summed E-state index contributed by atoms with van der Waals surface area (Å²) in [6.07, 6.45) is 5.07. The minimum absolute atomic E-state index is 0.123. The summed E-state index contributed by atoms with van der Waals surface area (Å²) in [6.45, 7) is 6.50. The average molecular weight is 321 g/mol. The first kappa shape index (κ1) is 16.5. The summed E-state index contributed by atoms with van der Waals surface area (Å²) in [5.41, 5.74) is 0.890. The monoisotopic (exact) mass is 321 g/mol. The number of nitrogens with one attached hydrogen (secondary N) is 1. The van der Waals surface area contributed by atoms with E-state index in [1.54, 1.807) is 6.20 Å². The predicted octanol–water partition coefficient (Wildman–Crippen LogP) is 1.69. The number of ether oxygens (including phenoxy) is 1. The molecule has 0 spiro atoms. The van der Waals surface area contributed by atoms with Crippen molar-refractivity contribution in [1.82, 2.24) is 15.1 Å². The molecule has 0 bridgehead atoms. The number of rotatable bonds is 6. The van der Waals surface area contributed by atoms with Gasteiger partial charge in [0, 0.05) is 45.1 Å². The molecular formula is C17H27N3O3. The normalized spacial score (nSPS) is 20.7. The van der Waals surface area contributed by atoms with Crippen LogP contribution in [0.25, 0.3) is 0 Å². The Hall–Kier alpha value is -1.40. The highest BCUT2D eigenvalue weighted by Crippen LogP contribution is 2.41. The Kier molecular flexibility index (Phi) is 4.73. The van der Waals surface area contributed by atoms with Crippen molar-refractivity contribution in [1.29, 1.82) is 0 Å². The summed E-state index contributed by atoms with van der Waals surface area (Å²) >= 11 is 0. The number of nitrogens with zero attached hydrogens (tertiary/aromatic N) is 2. The molecule has 0 unspecified atom stereocenters. The van der Waals surface area contributed by atoms with Gasteiger partial charge in [-0.25, -0.2) is 0 Å². The van der Waals surface area contributed by atoms with Crippen LogP contribution in [0.3, 0.4) is 0 Å². The molecule has 1 aliphatic carbocycles. The third kappa shape index (κ3) is 3.93.